The Labute approximate surface area is 148 Å². The van der Waals surface area contributed by atoms with E-state index in [1.807, 2.05) is 11.9 Å². The number of rotatable bonds is 7. The average Bonchev–Trinajstić information content (AvgIpc) is 2.59. The fraction of sp³-hybridized carbons (Fsp3) is 0.500. The van der Waals surface area contributed by atoms with Gasteiger partial charge in [-0.1, -0.05) is 24.1 Å². The van der Waals surface area contributed by atoms with Crippen LogP contribution in [0.4, 0.5) is 0 Å². The summed E-state index contributed by atoms with van der Waals surface area (Å²) in [5.74, 6) is -0.888. The molecule has 9 heteroatoms. The molecule has 25 heavy (non-hydrogen) atoms. The zero-order chi connectivity index (χ0) is 18.3. The van der Waals surface area contributed by atoms with E-state index in [9.17, 15) is 18.0 Å². The molecular weight excluding hydrogens is 344 g/mol. The zero-order valence-corrected chi connectivity index (χ0v) is 15.1. The maximum absolute atomic E-state index is 12.1. The molecule has 1 aliphatic rings. The molecule has 138 valence electrons. The number of hydrogen-bond acceptors (Lipinski definition) is 5. The molecule has 0 radical (unpaired) electrons. The van der Waals surface area contributed by atoms with Crippen molar-refractivity contribution in [3.8, 4) is 0 Å². The van der Waals surface area contributed by atoms with E-state index in [1.165, 1.54) is 12.1 Å². The van der Waals surface area contributed by atoms with E-state index in [2.05, 4.69) is 15.5 Å². The van der Waals surface area contributed by atoms with Crippen molar-refractivity contribution < 1.29 is 18.0 Å². The highest BCUT2D eigenvalue weighted by molar-refractivity contribution is 7.89. The number of nitrogens with one attached hydrogen (secondary N) is 3. The summed E-state index contributed by atoms with van der Waals surface area (Å²) in [4.78, 5) is 23.6. The molecule has 0 atom stereocenters. The van der Waals surface area contributed by atoms with E-state index in [-0.39, 0.29) is 17.3 Å². The topological polar surface area (TPSA) is 108 Å². The minimum absolute atomic E-state index is 0.0914. The molecule has 3 N–H and O–H groups in total. The number of hydrazine groups is 1. The number of piperidine rings is 1. The van der Waals surface area contributed by atoms with Crippen LogP contribution in [0, 0.1) is 6.92 Å². The molecular formula is C16H24N4O4S. The van der Waals surface area contributed by atoms with Gasteiger partial charge in [-0.05, 0) is 31.9 Å². The number of nitrogens with zero attached hydrogens (tertiary/aromatic N) is 1. The SMILES string of the molecule is Cc1ccc(S(=O)(=O)NCC(=O)NCC(=O)NN2CCCCC2)cc1. The van der Waals surface area contributed by atoms with Crippen LogP contribution < -0.4 is 15.5 Å². The monoisotopic (exact) mass is 368 g/mol. The fourth-order valence-corrected chi connectivity index (χ4v) is 3.41. The number of amides is 2. The molecule has 1 aromatic carbocycles. The zero-order valence-electron chi connectivity index (χ0n) is 14.2. The predicted octanol–water partition coefficient (Wildman–Crippen LogP) is -0.0934. The lowest BCUT2D eigenvalue weighted by Gasteiger charge is -2.26. The van der Waals surface area contributed by atoms with Crippen LogP contribution in [-0.4, -0.2) is 51.4 Å². The summed E-state index contributed by atoms with van der Waals surface area (Å²) in [6, 6.07) is 6.31. The van der Waals surface area contributed by atoms with Gasteiger partial charge in [0.1, 0.15) is 0 Å². The van der Waals surface area contributed by atoms with Crippen molar-refractivity contribution >= 4 is 21.8 Å². The summed E-state index contributed by atoms with van der Waals surface area (Å²) in [6.07, 6.45) is 3.23. The Balaban J connectivity index is 1.72. The largest absolute Gasteiger partial charge is 0.346 e. The van der Waals surface area contributed by atoms with Crippen LogP contribution in [0.15, 0.2) is 29.2 Å². The van der Waals surface area contributed by atoms with Gasteiger partial charge in [0.05, 0.1) is 18.0 Å². The van der Waals surface area contributed by atoms with E-state index in [4.69, 9.17) is 0 Å². The molecule has 1 heterocycles. The van der Waals surface area contributed by atoms with Crippen molar-refractivity contribution in [3.63, 3.8) is 0 Å². The van der Waals surface area contributed by atoms with Crippen molar-refractivity contribution in [2.24, 2.45) is 0 Å². The third-order valence-electron chi connectivity index (χ3n) is 3.84. The van der Waals surface area contributed by atoms with Crippen LogP contribution in [0.3, 0.4) is 0 Å². The van der Waals surface area contributed by atoms with Gasteiger partial charge in [0, 0.05) is 13.1 Å². The van der Waals surface area contributed by atoms with Crippen molar-refractivity contribution in [1.82, 2.24) is 20.5 Å². The molecule has 2 amide bonds. The summed E-state index contributed by atoms with van der Waals surface area (Å²) in [7, 11) is -3.75. The Morgan fingerprint density at radius 2 is 1.64 bits per heavy atom. The minimum atomic E-state index is -3.75. The van der Waals surface area contributed by atoms with E-state index in [0.29, 0.717) is 0 Å². The quantitative estimate of drug-likeness (QED) is 0.623. The number of carbonyl (C=O) groups excluding carboxylic acids is 2. The van der Waals surface area contributed by atoms with Crippen LogP contribution in [0.5, 0.6) is 0 Å². The Hall–Kier alpha value is -1.97. The molecule has 1 saturated heterocycles. The second-order valence-corrected chi connectivity index (χ2v) is 7.76. The van der Waals surface area contributed by atoms with Crippen LogP contribution in [0.2, 0.25) is 0 Å². The van der Waals surface area contributed by atoms with Gasteiger partial charge in [-0.2, -0.15) is 0 Å². The second-order valence-electron chi connectivity index (χ2n) is 6.00. The molecule has 1 aliphatic heterocycles. The third kappa shape index (κ3) is 6.45. The van der Waals surface area contributed by atoms with Gasteiger partial charge in [-0.25, -0.2) is 18.1 Å². The van der Waals surface area contributed by atoms with Gasteiger partial charge < -0.3 is 5.32 Å². The first-order chi connectivity index (χ1) is 11.9. The first-order valence-electron chi connectivity index (χ1n) is 8.24. The summed E-state index contributed by atoms with van der Waals surface area (Å²) in [6.45, 7) is 2.84. The number of aryl methyl sites for hydroxylation is 1. The molecule has 8 nitrogen and oxygen atoms in total. The Morgan fingerprint density at radius 1 is 1.00 bits per heavy atom. The lowest BCUT2D eigenvalue weighted by atomic mass is 10.2. The molecule has 2 rings (SSSR count). The van der Waals surface area contributed by atoms with Gasteiger partial charge in [-0.15, -0.1) is 0 Å². The highest BCUT2D eigenvalue weighted by atomic mass is 32.2. The summed E-state index contributed by atoms with van der Waals surface area (Å²) in [5.41, 5.74) is 3.66. The van der Waals surface area contributed by atoms with Crippen molar-refractivity contribution in [3.05, 3.63) is 29.8 Å². The summed E-state index contributed by atoms with van der Waals surface area (Å²) >= 11 is 0. The summed E-state index contributed by atoms with van der Waals surface area (Å²) < 4.78 is 26.4. The second kappa shape index (κ2) is 8.93. The number of carbonyl (C=O) groups is 2. The van der Waals surface area contributed by atoms with Crippen molar-refractivity contribution in [2.45, 2.75) is 31.1 Å². The molecule has 0 bridgehead atoms. The van der Waals surface area contributed by atoms with Crippen LogP contribution in [0.1, 0.15) is 24.8 Å². The first-order valence-corrected chi connectivity index (χ1v) is 9.72. The predicted molar refractivity (Wildman–Crippen MR) is 92.9 cm³/mol. The Kier molecular flexibility index (Phi) is 6.91. The fourth-order valence-electron chi connectivity index (χ4n) is 2.42. The van der Waals surface area contributed by atoms with E-state index in [1.54, 1.807) is 12.1 Å². The summed E-state index contributed by atoms with van der Waals surface area (Å²) in [5, 5.41) is 4.23. The normalized spacial score (nSPS) is 15.6. The van der Waals surface area contributed by atoms with Crippen LogP contribution >= 0.6 is 0 Å². The highest BCUT2D eigenvalue weighted by Gasteiger charge is 2.16. The number of sulfonamides is 1. The standard InChI is InChI=1S/C16H24N4O4S/c1-13-5-7-14(8-6-13)25(23,24)18-12-15(21)17-11-16(22)19-20-9-3-2-4-10-20/h5-8,18H,2-4,9-12H2,1H3,(H,17,21)(H,19,22). The molecule has 0 aromatic heterocycles. The van der Waals surface area contributed by atoms with E-state index >= 15 is 0 Å². The maximum atomic E-state index is 12.1. The Bertz CT molecular complexity index is 697. The highest BCUT2D eigenvalue weighted by Crippen LogP contribution is 2.09. The van der Waals surface area contributed by atoms with Crippen molar-refractivity contribution in [1.29, 1.82) is 0 Å². The van der Waals surface area contributed by atoms with Gasteiger partial charge in [0.2, 0.25) is 15.9 Å². The lowest BCUT2D eigenvalue weighted by Crippen LogP contribution is -2.49. The van der Waals surface area contributed by atoms with Gasteiger partial charge in [0.25, 0.3) is 5.91 Å². The van der Waals surface area contributed by atoms with Crippen LogP contribution in [0.25, 0.3) is 0 Å². The number of benzene rings is 1. The molecule has 0 spiro atoms. The molecule has 0 aliphatic carbocycles. The maximum Gasteiger partial charge on any atom is 0.253 e. The van der Waals surface area contributed by atoms with Gasteiger partial charge >= 0.3 is 0 Å². The van der Waals surface area contributed by atoms with Crippen LogP contribution in [-0.2, 0) is 19.6 Å². The molecule has 0 unspecified atom stereocenters. The smallest absolute Gasteiger partial charge is 0.253 e. The third-order valence-corrected chi connectivity index (χ3v) is 5.26. The average molecular weight is 368 g/mol. The molecule has 1 fully saturated rings. The first kappa shape index (κ1) is 19.4. The minimum Gasteiger partial charge on any atom is -0.346 e. The van der Waals surface area contributed by atoms with Crippen molar-refractivity contribution in [2.75, 3.05) is 26.2 Å². The van der Waals surface area contributed by atoms with Gasteiger partial charge in [0.15, 0.2) is 0 Å². The van der Waals surface area contributed by atoms with E-state index in [0.717, 1.165) is 37.9 Å². The number of hydrogen-bond donors (Lipinski definition) is 3. The van der Waals surface area contributed by atoms with Gasteiger partial charge in [-0.3, -0.25) is 15.0 Å². The molecule has 0 saturated carbocycles. The lowest BCUT2D eigenvalue weighted by molar-refractivity contribution is -0.128. The molecule has 1 aromatic rings. The van der Waals surface area contributed by atoms with E-state index < -0.39 is 22.5 Å². The Morgan fingerprint density at radius 3 is 2.28 bits per heavy atom.